The molecule has 0 aliphatic heterocycles. The lowest BCUT2D eigenvalue weighted by Gasteiger charge is -2.22. The van der Waals surface area contributed by atoms with Gasteiger partial charge < -0.3 is 9.73 Å². The number of hydrogen-bond donors (Lipinski definition) is 1. The number of benzene rings is 1. The monoisotopic (exact) mass is 258 g/mol. The van der Waals surface area contributed by atoms with Crippen molar-refractivity contribution in [3.63, 3.8) is 0 Å². The lowest BCUT2D eigenvalue weighted by atomic mass is 9.95. The molecule has 0 bridgehead atoms. The molecule has 1 fully saturated rings. The molecular formula is C15H18N2O2. The summed E-state index contributed by atoms with van der Waals surface area (Å²) < 4.78 is 5.25. The number of aromatic nitrogens is 1. The molecule has 0 spiro atoms. The van der Waals surface area contributed by atoms with Crippen molar-refractivity contribution in [1.29, 1.82) is 0 Å². The van der Waals surface area contributed by atoms with Crippen LogP contribution in [0.4, 0.5) is 0 Å². The Morgan fingerprint density at radius 1 is 1.32 bits per heavy atom. The SMILES string of the molecule is O=C(Cc1ccc2ncoc2c1)NC1CCCCC1. The molecule has 1 aliphatic carbocycles. The van der Waals surface area contributed by atoms with Gasteiger partial charge in [-0.25, -0.2) is 4.98 Å². The van der Waals surface area contributed by atoms with Gasteiger partial charge in [0, 0.05) is 6.04 Å². The second kappa shape index (κ2) is 5.43. The Bertz CT molecular complexity index is 570. The van der Waals surface area contributed by atoms with Crippen molar-refractivity contribution >= 4 is 17.0 Å². The largest absolute Gasteiger partial charge is 0.443 e. The van der Waals surface area contributed by atoms with E-state index in [0.717, 1.165) is 29.5 Å². The first kappa shape index (κ1) is 12.2. The summed E-state index contributed by atoms with van der Waals surface area (Å²) in [6, 6.07) is 6.09. The minimum atomic E-state index is 0.103. The van der Waals surface area contributed by atoms with Crippen molar-refractivity contribution in [2.75, 3.05) is 0 Å². The van der Waals surface area contributed by atoms with Gasteiger partial charge >= 0.3 is 0 Å². The average molecular weight is 258 g/mol. The number of nitrogens with zero attached hydrogens (tertiary/aromatic N) is 1. The lowest BCUT2D eigenvalue weighted by molar-refractivity contribution is -0.121. The third kappa shape index (κ3) is 2.95. The third-order valence-corrected chi connectivity index (χ3v) is 3.73. The fourth-order valence-electron chi connectivity index (χ4n) is 2.72. The second-order valence-electron chi connectivity index (χ2n) is 5.23. The molecule has 1 N–H and O–H groups in total. The van der Waals surface area contributed by atoms with Crippen molar-refractivity contribution in [2.45, 2.75) is 44.6 Å². The van der Waals surface area contributed by atoms with Crippen LogP contribution in [0.25, 0.3) is 11.1 Å². The number of nitrogens with one attached hydrogen (secondary N) is 1. The lowest BCUT2D eigenvalue weighted by Crippen LogP contribution is -2.37. The van der Waals surface area contributed by atoms with Gasteiger partial charge in [0.25, 0.3) is 0 Å². The highest BCUT2D eigenvalue weighted by Gasteiger charge is 2.15. The predicted octanol–water partition coefficient (Wildman–Crippen LogP) is 2.82. The van der Waals surface area contributed by atoms with E-state index in [1.807, 2.05) is 18.2 Å². The van der Waals surface area contributed by atoms with E-state index in [-0.39, 0.29) is 5.91 Å². The number of amides is 1. The van der Waals surface area contributed by atoms with E-state index in [9.17, 15) is 4.79 Å². The molecule has 19 heavy (non-hydrogen) atoms. The molecule has 1 amide bonds. The van der Waals surface area contributed by atoms with Crippen LogP contribution < -0.4 is 5.32 Å². The summed E-state index contributed by atoms with van der Waals surface area (Å²) in [7, 11) is 0. The van der Waals surface area contributed by atoms with Crippen molar-refractivity contribution in [3.8, 4) is 0 Å². The van der Waals surface area contributed by atoms with Gasteiger partial charge in [0.15, 0.2) is 12.0 Å². The van der Waals surface area contributed by atoms with Crippen LogP contribution in [-0.2, 0) is 11.2 Å². The predicted molar refractivity (Wildman–Crippen MR) is 72.7 cm³/mol. The van der Waals surface area contributed by atoms with Gasteiger partial charge in [0.2, 0.25) is 5.91 Å². The Kier molecular flexibility index (Phi) is 3.49. The average Bonchev–Trinajstić information content (AvgIpc) is 2.87. The van der Waals surface area contributed by atoms with E-state index in [4.69, 9.17) is 4.42 Å². The van der Waals surface area contributed by atoms with Gasteiger partial charge in [0.05, 0.1) is 6.42 Å². The Balaban J connectivity index is 1.61. The van der Waals surface area contributed by atoms with Crippen molar-refractivity contribution in [3.05, 3.63) is 30.2 Å². The Morgan fingerprint density at radius 2 is 2.16 bits per heavy atom. The van der Waals surface area contributed by atoms with Gasteiger partial charge in [-0.1, -0.05) is 25.3 Å². The Labute approximate surface area is 112 Å². The Morgan fingerprint density at radius 3 is 3.00 bits per heavy atom. The van der Waals surface area contributed by atoms with Crippen LogP contribution in [0, 0.1) is 0 Å². The molecule has 1 saturated carbocycles. The van der Waals surface area contributed by atoms with E-state index in [2.05, 4.69) is 10.3 Å². The Hall–Kier alpha value is -1.84. The maximum absolute atomic E-state index is 12.0. The summed E-state index contributed by atoms with van der Waals surface area (Å²) in [6.07, 6.45) is 7.84. The zero-order valence-electron chi connectivity index (χ0n) is 10.9. The minimum Gasteiger partial charge on any atom is -0.443 e. The van der Waals surface area contributed by atoms with Crippen molar-refractivity contribution in [2.24, 2.45) is 0 Å². The summed E-state index contributed by atoms with van der Waals surface area (Å²) in [4.78, 5) is 16.1. The van der Waals surface area contributed by atoms with Gasteiger partial charge in [-0.15, -0.1) is 0 Å². The van der Waals surface area contributed by atoms with Crippen LogP contribution in [0.2, 0.25) is 0 Å². The van der Waals surface area contributed by atoms with Crippen molar-refractivity contribution < 1.29 is 9.21 Å². The first-order valence-corrected chi connectivity index (χ1v) is 6.93. The van der Waals surface area contributed by atoms with Gasteiger partial charge in [0.1, 0.15) is 5.52 Å². The highest BCUT2D eigenvalue weighted by Crippen LogP contribution is 2.18. The van der Waals surface area contributed by atoms with Crippen LogP contribution in [0.5, 0.6) is 0 Å². The molecular weight excluding hydrogens is 240 g/mol. The molecule has 1 aromatic heterocycles. The maximum Gasteiger partial charge on any atom is 0.224 e. The van der Waals surface area contributed by atoms with Gasteiger partial charge in [-0.3, -0.25) is 4.79 Å². The highest BCUT2D eigenvalue weighted by atomic mass is 16.3. The third-order valence-electron chi connectivity index (χ3n) is 3.73. The van der Waals surface area contributed by atoms with E-state index < -0.39 is 0 Å². The standard InChI is InChI=1S/C15H18N2O2/c18-15(17-12-4-2-1-3-5-12)9-11-6-7-13-14(8-11)19-10-16-13/h6-8,10,12H,1-5,9H2,(H,17,18). The normalized spacial score (nSPS) is 16.6. The van der Waals surface area contributed by atoms with Crippen LogP contribution >= 0.6 is 0 Å². The second-order valence-corrected chi connectivity index (χ2v) is 5.23. The van der Waals surface area contributed by atoms with E-state index in [1.165, 1.54) is 25.7 Å². The molecule has 3 rings (SSSR count). The molecule has 1 aromatic carbocycles. The maximum atomic E-state index is 12.0. The number of carbonyl (C=O) groups excluding carboxylic acids is 1. The molecule has 0 saturated heterocycles. The number of hydrogen-bond acceptors (Lipinski definition) is 3. The van der Waals surface area contributed by atoms with Gasteiger partial charge in [-0.2, -0.15) is 0 Å². The molecule has 0 unspecified atom stereocenters. The molecule has 1 heterocycles. The summed E-state index contributed by atoms with van der Waals surface area (Å²) in [5.41, 5.74) is 2.54. The molecule has 1 aliphatic rings. The number of oxazole rings is 1. The quantitative estimate of drug-likeness (QED) is 0.921. The molecule has 4 nitrogen and oxygen atoms in total. The summed E-state index contributed by atoms with van der Waals surface area (Å²) in [6.45, 7) is 0. The van der Waals surface area contributed by atoms with Crippen LogP contribution in [0.1, 0.15) is 37.7 Å². The molecule has 0 radical (unpaired) electrons. The zero-order valence-corrected chi connectivity index (χ0v) is 10.9. The van der Waals surface area contributed by atoms with Gasteiger partial charge in [-0.05, 0) is 30.5 Å². The number of carbonyl (C=O) groups is 1. The zero-order chi connectivity index (χ0) is 13.1. The van der Waals surface area contributed by atoms with E-state index in [1.54, 1.807) is 0 Å². The highest BCUT2D eigenvalue weighted by molar-refractivity contribution is 5.81. The topological polar surface area (TPSA) is 55.1 Å². The molecule has 4 heteroatoms. The molecule has 2 aromatic rings. The molecule has 0 atom stereocenters. The fraction of sp³-hybridized carbons (Fsp3) is 0.467. The molecule has 100 valence electrons. The minimum absolute atomic E-state index is 0.103. The smallest absolute Gasteiger partial charge is 0.224 e. The number of rotatable bonds is 3. The van der Waals surface area contributed by atoms with Crippen LogP contribution in [0.3, 0.4) is 0 Å². The first-order chi connectivity index (χ1) is 9.31. The van der Waals surface area contributed by atoms with E-state index in [0.29, 0.717) is 12.5 Å². The number of fused-ring (bicyclic) bond motifs is 1. The summed E-state index contributed by atoms with van der Waals surface area (Å²) >= 11 is 0. The summed E-state index contributed by atoms with van der Waals surface area (Å²) in [5.74, 6) is 0.103. The van der Waals surface area contributed by atoms with Crippen molar-refractivity contribution in [1.82, 2.24) is 10.3 Å². The fourth-order valence-corrected chi connectivity index (χ4v) is 2.72. The van der Waals surface area contributed by atoms with Crippen LogP contribution in [-0.4, -0.2) is 16.9 Å². The summed E-state index contributed by atoms with van der Waals surface area (Å²) in [5, 5.41) is 3.12. The first-order valence-electron chi connectivity index (χ1n) is 6.93. The van der Waals surface area contributed by atoms with Crippen LogP contribution in [0.15, 0.2) is 29.0 Å². The van der Waals surface area contributed by atoms with E-state index >= 15 is 0 Å².